The summed E-state index contributed by atoms with van der Waals surface area (Å²) in [6, 6.07) is 13.5. The van der Waals surface area contributed by atoms with E-state index >= 15 is 0 Å². The Morgan fingerprint density at radius 1 is 1.19 bits per heavy atom. The maximum absolute atomic E-state index is 6.13. The van der Waals surface area contributed by atoms with Gasteiger partial charge in [0.15, 0.2) is 0 Å². The molecule has 1 heterocycles. The molecule has 2 atom stereocenters. The van der Waals surface area contributed by atoms with E-state index in [2.05, 4.69) is 62.5 Å². The number of fused-ring (bicyclic) bond motifs is 1. The predicted octanol–water partition coefficient (Wildman–Crippen LogP) is 4.37. The first-order valence-electron chi connectivity index (χ1n) is 8.01. The lowest BCUT2D eigenvalue weighted by molar-refractivity contribution is -0.0117. The van der Waals surface area contributed by atoms with Crippen molar-refractivity contribution in [1.82, 2.24) is 5.32 Å². The summed E-state index contributed by atoms with van der Waals surface area (Å²) >= 11 is 0. The molecule has 1 saturated heterocycles. The summed E-state index contributed by atoms with van der Waals surface area (Å²) in [7, 11) is 0. The summed E-state index contributed by atoms with van der Waals surface area (Å²) in [4.78, 5) is 0. The molecule has 0 aromatic heterocycles. The zero-order chi connectivity index (χ0) is 14.9. The van der Waals surface area contributed by atoms with Crippen molar-refractivity contribution in [3.05, 3.63) is 47.5 Å². The van der Waals surface area contributed by atoms with Crippen LogP contribution >= 0.6 is 0 Å². The Labute approximate surface area is 127 Å². The van der Waals surface area contributed by atoms with E-state index < -0.39 is 0 Å². The number of aryl methyl sites for hydroxylation is 1. The second kappa shape index (κ2) is 5.78. The van der Waals surface area contributed by atoms with Crippen molar-refractivity contribution in [3.8, 4) is 0 Å². The van der Waals surface area contributed by atoms with Crippen LogP contribution in [0.3, 0.4) is 0 Å². The minimum Gasteiger partial charge on any atom is -0.373 e. The number of hydrogen-bond donors (Lipinski definition) is 1. The van der Waals surface area contributed by atoms with E-state index in [1.54, 1.807) is 0 Å². The van der Waals surface area contributed by atoms with E-state index in [0.717, 1.165) is 26.0 Å². The van der Waals surface area contributed by atoms with Crippen molar-refractivity contribution >= 4 is 10.8 Å². The van der Waals surface area contributed by atoms with Crippen molar-refractivity contribution in [2.75, 3.05) is 13.2 Å². The lowest BCUT2D eigenvalue weighted by atomic mass is 9.84. The Kier molecular flexibility index (Phi) is 4.01. The Hall–Kier alpha value is -1.38. The monoisotopic (exact) mass is 283 g/mol. The van der Waals surface area contributed by atoms with Gasteiger partial charge in [0.05, 0.1) is 11.6 Å². The van der Waals surface area contributed by atoms with E-state index in [9.17, 15) is 0 Å². The van der Waals surface area contributed by atoms with Gasteiger partial charge in [0.1, 0.15) is 0 Å². The molecule has 2 nitrogen and oxygen atoms in total. The largest absolute Gasteiger partial charge is 0.373 e. The number of nitrogens with one attached hydrogen (secondary N) is 1. The zero-order valence-electron chi connectivity index (χ0n) is 13.3. The quantitative estimate of drug-likeness (QED) is 0.899. The van der Waals surface area contributed by atoms with Crippen molar-refractivity contribution in [2.24, 2.45) is 0 Å². The molecule has 2 heteroatoms. The van der Waals surface area contributed by atoms with Crippen LogP contribution in [-0.4, -0.2) is 18.8 Å². The van der Waals surface area contributed by atoms with E-state index in [4.69, 9.17) is 4.74 Å². The SMILES string of the molecule is CCNC(c1ccc(C)c2ccccc12)C1(C)CCCO1. The highest BCUT2D eigenvalue weighted by Crippen LogP contribution is 2.40. The third kappa shape index (κ3) is 2.58. The normalized spacial score (nSPS) is 23.6. The van der Waals surface area contributed by atoms with Gasteiger partial charge in [0, 0.05) is 6.61 Å². The fourth-order valence-corrected chi connectivity index (χ4v) is 3.61. The molecule has 0 radical (unpaired) electrons. The van der Waals surface area contributed by atoms with Gasteiger partial charge in [0.25, 0.3) is 0 Å². The summed E-state index contributed by atoms with van der Waals surface area (Å²) in [6.07, 6.45) is 2.27. The first-order valence-corrected chi connectivity index (χ1v) is 8.01. The summed E-state index contributed by atoms with van der Waals surface area (Å²) in [5.41, 5.74) is 2.60. The van der Waals surface area contributed by atoms with Gasteiger partial charge in [-0.1, -0.05) is 43.3 Å². The molecule has 112 valence electrons. The van der Waals surface area contributed by atoms with Crippen LogP contribution in [0.5, 0.6) is 0 Å². The smallest absolute Gasteiger partial charge is 0.0849 e. The summed E-state index contributed by atoms with van der Waals surface area (Å²) < 4.78 is 6.13. The molecule has 0 amide bonds. The molecule has 2 aromatic rings. The standard InChI is InChI=1S/C19H25NO/c1-4-20-18(19(3)12-7-13-21-19)17-11-10-14(2)15-8-5-6-9-16(15)17/h5-6,8-11,18,20H,4,7,12-13H2,1-3H3. The van der Waals surface area contributed by atoms with Crippen molar-refractivity contribution in [2.45, 2.75) is 45.3 Å². The highest BCUT2D eigenvalue weighted by Gasteiger charge is 2.39. The van der Waals surface area contributed by atoms with E-state index in [1.807, 2.05) is 0 Å². The minimum atomic E-state index is -0.103. The maximum atomic E-state index is 6.13. The molecular formula is C19H25NO. The van der Waals surface area contributed by atoms with Crippen LogP contribution in [0.25, 0.3) is 10.8 Å². The van der Waals surface area contributed by atoms with Crippen LogP contribution in [0.4, 0.5) is 0 Å². The van der Waals surface area contributed by atoms with E-state index in [-0.39, 0.29) is 11.6 Å². The fourth-order valence-electron chi connectivity index (χ4n) is 3.61. The second-order valence-corrected chi connectivity index (χ2v) is 6.27. The maximum Gasteiger partial charge on any atom is 0.0849 e. The van der Waals surface area contributed by atoms with Gasteiger partial charge in [-0.05, 0) is 55.1 Å². The van der Waals surface area contributed by atoms with Gasteiger partial charge in [-0.25, -0.2) is 0 Å². The second-order valence-electron chi connectivity index (χ2n) is 6.27. The molecule has 0 spiro atoms. The minimum absolute atomic E-state index is 0.103. The van der Waals surface area contributed by atoms with Gasteiger partial charge in [-0.15, -0.1) is 0 Å². The van der Waals surface area contributed by atoms with Gasteiger partial charge < -0.3 is 10.1 Å². The molecule has 1 fully saturated rings. The lowest BCUT2D eigenvalue weighted by Gasteiger charge is -2.35. The average Bonchev–Trinajstić information content (AvgIpc) is 2.94. The van der Waals surface area contributed by atoms with Crippen molar-refractivity contribution < 1.29 is 4.74 Å². The Morgan fingerprint density at radius 3 is 2.62 bits per heavy atom. The summed E-state index contributed by atoms with van der Waals surface area (Å²) in [5, 5.41) is 6.36. The number of benzene rings is 2. The topological polar surface area (TPSA) is 21.3 Å². The van der Waals surface area contributed by atoms with Gasteiger partial charge in [-0.2, -0.15) is 0 Å². The van der Waals surface area contributed by atoms with Crippen LogP contribution in [0, 0.1) is 6.92 Å². The van der Waals surface area contributed by atoms with E-state index in [0.29, 0.717) is 0 Å². The van der Waals surface area contributed by atoms with Gasteiger partial charge in [-0.3, -0.25) is 0 Å². The third-order valence-electron chi connectivity index (χ3n) is 4.76. The zero-order valence-corrected chi connectivity index (χ0v) is 13.3. The highest BCUT2D eigenvalue weighted by molar-refractivity contribution is 5.89. The molecule has 3 rings (SSSR count). The molecule has 2 unspecified atom stereocenters. The lowest BCUT2D eigenvalue weighted by Crippen LogP contribution is -2.41. The van der Waals surface area contributed by atoms with Crippen molar-refractivity contribution in [3.63, 3.8) is 0 Å². The molecule has 0 saturated carbocycles. The first kappa shape index (κ1) is 14.6. The first-order chi connectivity index (χ1) is 10.2. The molecule has 1 aliphatic heterocycles. The molecule has 0 bridgehead atoms. The number of likely N-dealkylation sites (N-methyl/N-ethyl adjacent to an activating group) is 1. The average molecular weight is 283 g/mol. The highest BCUT2D eigenvalue weighted by atomic mass is 16.5. The van der Waals surface area contributed by atoms with Crippen LogP contribution in [0.1, 0.15) is 43.9 Å². The number of hydrogen-bond acceptors (Lipinski definition) is 2. The summed E-state index contributed by atoms with van der Waals surface area (Å²) in [6.45, 7) is 8.43. The predicted molar refractivity (Wildman–Crippen MR) is 88.7 cm³/mol. The molecule has 0 aliphatic carbocycles. The summed E-state index contributed by atoms with van der Waals surface area (Å²) in [5.74, 6) is 0. The Balaban J connectivity index is 2.14. The molecule has 2 aromatic carbocycles. The third-order valence-corrected chi connectivity index (χ3v) is 4.76. The van der Waals surface area contributed by atoms with Crippen LogP contribution < -0.4 is 5.32 Å². The van der Waals surface area contributed by atoms with Crippen LogP contribution in [0.15, 0.2) is 36.4 Å². The van der Waals surface area contributed by atoms with E-state index in [1.165, 1.54) is 21.9 Å². The number of ether oxygens (including phenoxy) is 1. The molecule has 1 aliphatic rings. The Morgan fingerprint density at radius 2 is 1.95 bits per heavy atom. The molecule has 1 N–H and O–H groups in total. The van der Waals surface area contributed by atoms with Gasteiger partial charge >= 0.3 is 0 Å². The van der Waals surface area contributed by atoms with Gasteiger partial charge in [0.2, 0.25) is 0 Å². The van der Waals surface area contributed by atoms with Crippen LogP contribution in [0.2, 0.25) is 0 Å². The molecule has 21 heavy (non-hydrogen) atoms. The van der Waals surface area contributed by atoms with Crippen LogP contribution in [-0.2, 0) is 4.74 Å². The molecular weight excluding hydrogens is 258 g/mol. The number of rotatable bonds is 4. The Bertz CT molecular complexity index is 628. The fraction of sp³-hybridized carbons (Fsp3) is 0.474. The van der Waals surface area contributed by atoms with Crippen molar-refractivity contribution in [1.29, 1.82) is 0 Å².